The molecule has 0 radical (unpaired) electrons. The predicted octanol–water partition coefficient (Wildman–Crippen LogP) is 1.67. The first kappa shape index (κ1) is 29.6. The standard InChI is InChI=1S/C24H22N8O6S4/c1-4-38-29-15(18-28-23(42-30-18)25-11(2)33)19(34)27-16-20(35)32-17(22(36)37)14(10-39-21(16)32)41-24-26-13(9-40-24)12-5-7-31(3)8-6-12/h5-9,16,21H,4,10H2,1-3H3,(H2-,25,27,28,30,33,34,36,37)/p+1/b29-15+. The van der Waals surface area contributed by atoms with Gasteiger partial charge in [-0.3, -0.25) is 19.3 Å². The number of nitrogens with one attached hydrogen (secondary N) is 2. The summed E-state index contributed by atoms with van der Waals surface area (Å²) in [5, 5.41) is 20.4. The lowest BCUT2D eigenvalue weighted by Gasteiger charge is -2.49. The van der Waals surface area contributed by atoms with Crippen LogP contribution in [0.2, 0.25) is 0 Å². The number of amides is 3. The number of anilines is 1. The Hall–Kier alpha value is -3.87. The SMILES string of the molecule is CCO/N=C(/C(=O)NC1C(=O)N2C(C(=O)O)=C(Sc3nc(-c4cc[n+](C)cc4)cs3)CSC12)c1nsc(NC(C)=O)n1. The minimum absolute atomic E-state index is 0.0911. The number of carbonyl (C=O) groups is 4. The molecule has 218 valence electrons. The van der Waals surface area contributed by atoms with Crippen LogP contribution < -0.4 is 15.2 Å². The van der Waals surface area contributed by atoms with Crippen LogP contribution in [0, 0.1) is 0 Å². The van der Waals surface area contributed by atoms with E-state index >= 15 is 0 Å². The van der Waals surface area contributed by atoms with Crippen molar-refractivity contribution in [3.63, 3.8) is 0 Å². The van der Waals surface area contributed by atoms with Crippen LogP contribution in [0.3, 0.4) is 0 Å². The number of hydrogen-bond acceptors (Lipinski definition) is 13. The maximum absolute atomic E-state index is 13.2. The van der Waals surface area contributed by atoms with Gasteiger partial charge in [0, 0.05) is 52.2 Å². The highest BCUT2D eigenvalue weighted by Gasteiger charge is 2.54. The number of pyridine rings is 1. The fraction of sp³-hybridized carbons (Fsp3) is 0.292. The first-order valence-electron chi connectivity index (χ1n) is 12.3. The van der Waals surface area contributed by atoms with Crippen LogP contribution in [-0.4, -0.2) is 77.5 Å². The molecule has 0 aromatic carbocycles. The van der Waals surface area contributed by atoms with E-state index in [1.165, 1.54) is 46.7 Å². The summed E-state index contributed by atoms with van der Waals surface area (Å²) in [6.45, 7) is 3.14. The molecule has 2 unspecified atom stereocenters. The molecule has 42 heavy (non-hydrogen) atoms. The highest BCUT2D eigenvalue weighted by atomic mass is 32.2. The molecule has 18 heteroatoms. The van der Waals surface area contributed by atoms with E-state index < -0.39 is 29.2 Å². The van der Waals surface area contributed by atoms with Crippen LogP contribution in [-0.2, 0) is 31.1 Å². The number of aryl methyl sites for hydroxylation is 1. The first-order valence-corrected chi connectivity index (χ1v) is 15.8. The van der Waals surface area contributed by atoms with E-state index in [1.807, 2.05) is 41.5 Å². The van der Waals surface area contributed by atoms with Crippen molar-refractivity contribution in [2.45, 2.75) is 29.6 Å². The Balaban J connectivity index is 1.31. The van der Waals surface area contributed by atoms with Gasteiger partial charge < -0.3 is 20.6 Å². The number of carbonyl (C=O) groups excluding carboxylic acids is 3. The molecular formula is C24H23N8O6S4+. The van der Waals surface area contributed by atoms with Gasteiger partial charge in [0.2, 0.25) is 22.6 Å². The third-order valence-corrected chi connectivity index (χ3v) is 9.93. The molecule has 3 amide bonds. The number of thioether (sulfide) groups is 2. The molecule has 0 bridgehead atoms. The lowest BCUT2D eigenvalue weighted by Crippen LogP contribution is -2.71. The van der Waals surface area contributed by atoms with Gasteiger partial charge in [0.25, 0.3) is 11.8 Å². The summed E-state index contributed by atoms with van der Waals surface area (Å²) < 4.78 is 6.62. The van der Waals surface area contributed by atoms with Crippen molar-refractivity contribution in [3.05, 3.63) is 46.3 Å². The van der Waals surface area contributed by atoms with Gasteiger partial charge >= 0.3 is 5.97 Å². The highest BCUT2D eigenvalue weighted by Crippen LogP contribution is 2.46. The van der Waals surface area contributed by atoms with E-state index in [-0.39, 0.29) is 34.9 Å². The van der Waals surface area contributed by atoms with Crippen molar-refractivity contribution in [1.29, 1.82) is 0 Å². The van der Waals surface area contributed by atoms with Crippen LogP contribution >= 0.6 is 46.4 Å². The van der Waals surface area contributed by atoms with Crippen LogP contribution in [0.4, 0.5) is 5.13 Å². The van der Waals surface area contributed by atoms with Crippen molar-refractivity contribution in [1.82, 2.24) is 24.6 Å². The Labute approximate surface area is 255 Å². The fourth-order valence-electron chi connectivity index (χ4n) is 3.93. The molecule has 3 N–H and O–H groups in total. The minimum atomic E-state index is -1.25. The monoisotopic (exact) mass is 647 g/mol. The lowest BCUT2D eigenvalue weighted by molar-refractivity contribution is -0.671. The van der Waals surface area contributed by atoms with Crippen LogP contribution in [0.25, 0.3) is 11.3 Å². The summed E-state index contributed by atoms with van der Waals surface area (Å²) >= 11 is 4.78. The molecule has 3 aromatic heterocycles. The second-order valence-electron chi connectivity index (χ2n) is 8.75. The molecule has 1 saturated heterocycles. The number of aliphatic carboxylic acids is 1. The zero-order valence-corrected chi connectivity index (χ0v) is 25.5. The van der Waals surface area contributed by atoms with Gasteiger partial charge in [-0.25, -0.2) is 14.3 Å². The van der Waals surface area contributed by atoms with Crippen molar-refractivity contribution < 1.29 is 33.7 Å². The zero-order valence-electron chi connectivity index (χ0n) is 22.3. The Morgan fingerprint density at radius 2 is 2.05 bits per heavy atom. The maximum Gasteiger partial charge on any atom is 0.353 e. The number of oxime groups is 1. The Morgan fingerprint density at radius 3 is 2.74 bits per heavy atom. The fourth-order valence-corrected chi connectivity index (χ4v) is 8.01. The van der Waals surface area contributed by atoms with Gasteiger partial charge in [-0.2, -0.15) is 9.36 Å². The molecule has 3 aromatic rings. The van der Waals surface area contributed by atoms with Crippen molar-refractivity contribution in [3.8, 4) is 11.3 Å². The van der Waals surface area contributed by atoms with Gasteiger partial charge in [0.1, 0.15) is 30.8 Å². The van der Waals surface area contributed by atoms with Crippen LogP contribution in [0.5, 0.6) is 0 Å². The Bertz CT molecular complexity index is 1620. The zero-order chi connectivity index (χ0) is 30.0. The summed E-state index contributed by atoms with van der Waals surface area (Å²) in [7, 11) is 1.92. The van der Waals surface area contributed by atoms with Gasteiger partial charge in [-0.1, -0.05) is 16.9 Å². The quantitative estimate of drug-likeness (QED) is 0.126. The number of carboxylic acids is 1. The number of rotatable bonds is 10. The average molecular weight is 648 g/mol. The van der Waals surface area contributed by atoms with Crippen molar-refractivity contribution >= 4 is 80.9 Å². The second-order valence-corrected chi connectivity index (χ2v) is 12.8. The molecule has 5 rings (SSSR count). The van der Waals surface area contributed by atoms with E-state index in [0.717, 1.165) is 22.8 Å². The number of thiazole rings is 1. The number of nitrogens with zero attached hydrogens (tertiary/aromatic N) is 6. The number of fused-ring (bicyclic) bond motifs is 1. The third-order valence-electron chi connectivity index (χ3n) is 5.81. The number of carboxylic acid groups (broad SMARTS) is 1. The van der Waals surface area contributed by atoms with E-state index in [2.05, 4.69) is 30.1 Å². The van der Waals surface area contributed by atoms with Gasteiger partial charge in [0.05, 0.1) is 5.69 Å². The highest BCUT2D eigenvalue weighted by molar-refractivity contribution is 8.07. The molecule has 2 aliphatic rings. The molecule has 1 fully saturated rings. The average Bonchev–Trinajstić information content (AvgIpc) is 3.61. The smallest absolute Gasteiger partial charge is 0.353 e. The van der Waals surface area contributed by atoms with Gasteiger partial charge in [0.15, 0.2) is 16.7 Å². The minimum Gasteiger partial charge on any atom is -0.477 e. The summed E-state index contributed by atoms with van der Waals surface area (Å²) in [5.41, 5.74) is 1.29. The lowest BCUT2D eigenvalue weighted by atomic mass is 10.0. The Morgan fingerprint density at radius 1 is 1.29 bits per heavy atom. The molecule has 5 heterocycles. The van der Waals surface area contributed by atoms with E-state index in [9.17, 15) is 24.3 Å². The number of aromatic nitrogens is 4. The molecule has 2 atom stereocenters. The predicted molar refractivity (Wildman–Crippen MR) is 157 cm³/mol. The largest absolute Gasteiger partial charge is 0.477 e. The molecule has 0 saturated carbocycles. The normalized spacial score (nSPS) is 18.3. The second kappa shape index (κ2) is 12.6. The summed E-state index contributed by atoms with van der Waals surface area (Å²) in [4.78, 5) is 65.4. The summed E-state index contributed by atoms with van der Waals surface area (Å²) in [6.07, 6.45) is 3.83. The van der Waals surface area contributed by atoms with Gasteiger partial charge in [-0.05, 0) is 6.92 Å². The molecule has 2 aliphatic heterocycles. The maximum atomic E-state index is 13.2. The first-order chi connectivity index (χ1) is 20.2. The van der Waals surface area contributed by atoms with Crippen molar-refractivity contribution in [2.75, 3.05) is 17.7 Å². The molecule has 14 nitrogen and oxygen atoms in total. The topological polar surface area (TPSA) is 180 Å². The number of β-lactam (4-membered cyclic amide) rings is 1. The van der Waals surface area contributed by atoms with Crippen LogP contribution in [0.1, 0.15) is 19.7 Å². The van der Waals surface area contributed by atoms with E-state index in [0.29, 0.717) is 15.0 Å². The van der Waals surface area contributed by atoms with Gasteiger partial charge in [-0.15, -0.1) is 23.1 Å². The molecule has 0 aliphatic carbocycles. The van der Waals surface area contributed by atoms with E-state index in [4.69, 9.17) is 4.84 Å². The van der Waals surface area contributed by atoms with Crippen molar-refractivity contribution in [2.24, 2.45) is 12.2 Å². The number of hydrogen-bond donors (Lipinski definition) is 3. The Kier molecular flexibility index (Phi) is 8.85. The molecule has 0 spiro atoms. The summed E-state index contributed by atoms with van der Waals surface area (Å²) in [6, 6.07) is 2.88. The summed E-state index contributed by atoms with van der Waals surface area (Å²) in [5.74, 6) is -2.75. The molecular weight excluding hydrogens is 625 g/mol. The van der Waals surface area contributed by atoms with Crippen LogP contribution in [0.15, 0.2) is 50.0 Å². The van der Waals surface area contributed by atoms with E-state index in [1.54, 1.807) is 6.92 Å². The third kappa shape index (κ3) is 6.15.